The summed E-state index contributed by atoms with van der Waals surface area (Å²) in [5.41, 5.74) is 2.97. The standard InChI is InChI=1S/C23H29N3O2/c1-3-17-26-21-10-7-6-9-20(21)25-22(26)11-5-4-8-16-24-23(27)18-12-14-19(28-2)15-13-18/h6-7,9-10,12-15H,3-5,8,11,16-17H2,1-2H3,(H,24,27). The van der Waals surface area contributed by atoms with Gasteiger partial charge in [-0.05, 0) is 55.7 Å². The molecule has 0 spiro atoms. The first-order valence-corrected chi connectivity index (χ1v) is 10.1. The normalized spacial score (nSPS) is 10.9. The van der Waals surface area contributed by atoms with Gasteiger partial charge in [0.1, 0.15) is 11.6 Å². The number of unbranched alkanes of at least 4 members (excludes halogenated alkanes) is 2. The monoisotopic (exact) mass is 379 g/mol. The van der Waals surface area contributed by atoms with Gasteiger partial charge in [-0.1, -0.05) is 25.5 Å². The maximum Gasteiger partial charge on any atom is 0.251 e. The van der Waals surface area contributed by atoms with E-state index in [0.717, 1.165) is 49.9 Å². The Morgan fingerprint density at radius 2 is 1.86 bits per heavy atom. The molecule has 1 aromatic heterocycles. The fourth-order valence-corrected chi connectivity index (χ4v) is 3.42. The van der Waals surface area contributed by atoms with Crippen LogP contribution in [0.4, 0.5) is 0 Å². The molecule has 1 N–H and O–H groups in total. The maximum absolute atomic E-state index is 12.1. The number of carbonyl (C=O) groups excluding carboxylic acids is 1. The van der Waals surface area contributed by atoms with Crippen molar-refractivity contribution >= 4 is 16.9 Å². The number of imidazole rings is 1. The van der Waals surface area contributed by atoms with Crippen LogP contribution in [-0.2, 0) is 13.0 Å². The number of rotatable bonds is 10. The lowest BCUT2D eigenvalue weighted by atomic mass is 10.1. The highest BCUT2D eigenvalue weighted by Crippen LogP contribution is 2.18. The summed E-state index contributed by atoms with van der Waals surface area (Å²) in [4.78, 5) is 17.0. The lowest BCUT2D eigenvalue weighted by Crippen LogP contribution is -2.24. The number of fused-ring (bicyclic) bond motifs is 1. The predicted octanol–water partition coefficient (Wildman–Crippen LogP) is 4.60. The van der Waals surface area contributed by atoms with Crippen molar-refractivity contribution in [1.82, 2.24) is 14.9 Å². The number of aryl methyl sites for hydroxylation is 2. The van der Waals surface area contributed by atoms with E-state index in [9.17, 15) is 4.79 Å². The molecule has 28 heavy (non-hydrogen) atoms. The van der Waals surface area contributed by atoms with Gasteiger partial charge in [-0.2, -0.15) is 0 Å². The van der Waals surface area contributed by atoms with Gasteiger partial charge in [-0.15, -0.1) is 0 Å². The number of ether oxygens (including phenoxy) is 1. The molecule has 0 bridgehead atoms. The predicted molar refractivity (Wildman–Crippen MR) is 113 cm³/mol. The summed E-state index contributed by atoms with van der Waals surface area (Å²) in [6, 6.07) is 15.5. The molecule has 0 radical (unpaired) electrons. The van der Waals surface area contributed by atoms with E-state index < -0.39 is 0 Å². The van der Waals surface area contributed by atoms with E-state index in [-0.39, 0.29) is 5.91 Å². The third-order valence-electron chi connectivity index (χ3n) is 4.90. The van der Waals surface area contributed by atoms with Gasteiger partial charge < -0.3 is 14.6 Å². The van der Waals surface area contributed by atoms with Crippen LogP contribution in [0.3, 0.4) is 0 Å². The highest BCUT2D eigenvalue weighted by molar-refractivity contribution is 5.94. The fraction of sp³-hybridized carbons (Fsp3) is 0.391. The topological polar surface area (TPSA) is 56.2 Å². The highest BCUT2D eigenvalue weighted by atomic mass is 16.5. The molecule has 0 fully saturated rings. The van der Waals surface area contributed by atoms with Crippen molar-refractivity contribution in [3.63, 3.8) is 0 Å². The summed E-state index contributed by atoms with van der Waals surface area (Å²) in [6.07, 6.45) is 5.19. The molecule has 3 aromatic rings. The second kappa shape index (κ2) is 9.93. The Hall–Kier alpha value is -2.82. The van der Waals surface area contributed by atoms with Gasteiger partial charge >= 0.3 is 0 Å². The Morgan fingerprint density at radius 3 is 2.61 bits per heavy atom. The molecule has 0 aliphatic heterocycles. The quantitative estimate of drug-likeness (QED) is 0.524. The van der Waals surface area contributed by atoms with Crippen LogP contribution in [0.15, 0.2) is 48.5 Å². The Bertz CT molecular complexity index is 900. The average Bonchev–Trinajstić information content (AvgIpc) is 3.08. The van der Waals surface area contributed by atoms with Crippen molar-refractivity contribution in [1.29, 1.82) is 0 Å². The molecule has 5 nitrogen and oxygen atoms in total. The zero-order chi connectivity index (χ0) is 19.8. The zero-order valence-electron chi connectivity index (χ0n) is 16.8. The maximum atomic E-state index is 12.1. The Balaban J connectivity index is 1.43. The molecule has 0 saturated heterocycles. The van der Waals surface area contributed by atoms with Crippen LogP contribution in [0.2, 0.25) is 0 Å². The minimum Gasteiger partial charge on any atom is -0.497 e. The van der Waals surface area contributed by atoms with Crippen LogP contribution in [0.1, 0.15) is 48.8 Å². The van der Waals surface area contributed by atoms with Gasteiger partial charge in [0.25, 0.3) is 5.91 Å². The fourth-order valence-electron chi connectivity index (χ4n) is 3.42. The molecule has 148 valence electrons. The second-order valence-corrected chi connectivity index (χ2v) is 6.96. The van der Waals surface area contributed by atoms with E-state index in [1.807, 2.05) is 6.07 Å². The van der Waals surface area contributed by atoms with Crippen LogP contribution < -0.4 is 10.1 Å². The molecule has 0 saturated carbocycles. The molecule has 1 heterocycles. The van der Waals surface area contributed by atoms with Crippen molar-refractivity contribution in [2.75, 3.05) is 13.7 Å². The van der Waals surface area contributed by atoms with Crippen LogP contribution in [0.5, 0.6) is 5.75 Å². The van der Waals surface area contributed by atoms with Gasteiger partial charge in [0.05, 0.1) is 18.1 Å². The average molecular weight is 380 g/mol. The lowest BCUT2D eigenvalue weighted by molar-refractivity contribution is 0.0953. The van der Waals surface area contributed by atoms with Crippen molar-refractivity contribution in [2.45, 2.75) is 45.6 Å². The first-order valence-electron chi connectivity index (χ1n) is 10.1. The van der Waals surface area contributed by atoms with Crippen LogP contribution in [0.25, 0.3) is 11.0 Å². The lowest BCUT2D eigenvalue weighted by Gasteiger charge is -2.08. The second-order valence-electron chi connectivity index (χ2n) is 6.96. The number of carbonyl (C=O) groups is 1. The van der Waals surface area contributed by atoms with Crippen LogP contribution >= 0.6 is 0 Å². The molecule has 5 heteroatoms. The number of hydrogen-bond donors (Lipinski definition) is 1. The Morgan fingerprint density at radius 1 is 1.07 bits per heavy atom. The van der Waals surface area contributed by atoms with E-state index in [1.54, 1.807) is 31.4 Å². The van der Waals surface area contributed by atoms with E-state index in [0.29, 0.717) is 12.1 Å². The molecule has 1 amide bonds. The summed E-state index contributed by atoms with van der Waals surface area (Å²) in [7, 11) is 1.62. The third-order valence-corrected chi connectivity index (χ3v) is 4.90. The van der Waals surface area contributed by atoms with E-state index >= 15 is 0 Å². The SMILES string of the molecule is CCCn1c(CCCCCNC(=O)c2ccc(OC)cc2)nc2ccccc21. The number of para-hydroxylation sites is 2. The Kier molecular flexibility index (Phi) is 7.06. The highest BCUT2D eigenvalue weighted by Gasteiger charge is 2.09. The van der Waals surface area contributed by atoms with Gasteiger partial charge in [-0.25, -0.2) is 4.98 Å². The summed E-state index contributed by atoms with van der Waals surface area (Å²) < 4.78 is 7.46. The molecular formula is C23H29N3O2. The minimum absolute atomic E-state index is 0.0348. The number of hydrogen-bond acceptors (Lipinski definition) is 3. The largest absolute Gasteiger partial charge is 0.497 e. The van der Waals surface area contributed by atoms with Gasteiger partial charge in [-0.3, -0.25) is 4.79 Å². The molecule has 3 rings (SSSR count). The zero-order valence-corrected chi connectivity index (χ0v) is 16.8. The number of nitrogens with one attached hydrogen (secondary N) is 1. The summed E-state index contributed by atoms with van der Waals surface area (Å²) >= 11 is 0. The molecule has 0 aliphatic carbocycles. The molecule has 0 aliphatic rings. The number of amides is 1. The number of benzene rings is 2. The Labute approximate surface area is 166 Å². The molecule has 0 atom stereocenters. The van der Waals surface area contributed by atoms with E-state index in [1.165, 1.54) is 11.3 Å². The summed E-state index contributed by atoms with van der Waals surface area (Å²) in [5, 5.41) is 2.99. The number of methoxy groups -OCH3 is 1. The molecular weight excluding hydrogens is 350 g/mol. The van der Waals surface area contributed by atoms with Crippen LogP contribution in [0, 0.1) is 0 Å². The molecule has 2 aromatic carbocycles. The minimum atomic E-state index is -0.0348. The van der Waals surface area contributed by atoms with Gasteiger partial charge in [0, 0.05) is 25.1 Å². The van der Waals surface area contributed by atoms with E-state index in [4.69, 9.17) is 9.72 Å². The van der Waals surface area contributed by atoms with Crippen molar-refractivity contribution in [3.8, 4) is 5.75 Å². The number of aromatic nitrogens is 2. The first-order chi connectivity index (χ1) is 13.7. The van der Waals surface area contributed by atoms with Gasteiger partial charge in [0.15, 0.2) is 0 Å². The third kappa shape index (κ3) is 4.91. The smallest absolute Gasteiger partial charge is 0.251 e. The van der Waals surface area contributed by atoms with Crippen molar-refractivity contribution < 1.29 is 9.53 Å². The van der Waals surface area contributed by atoms with Gasteiger partial charge in [0.2, 0.25) is 0 Å². The summed E-state index contributed by atoms with van der Waals surface area (Å²) in [6.45, 7) is 3.90. The van der Waals surface area contributed by atoms with Crippen molar-refractivity contribution in [2.24, 2.45) is 0 Å². The number of nitrogens with zero attached hydrogens (tertiary/aromatic N) is 2. The molecule has 0 unspecified atom stereocenters. The van der Waals surface area contributed by atoms with E-state index in [2.05, 4.69) is 35.0 Å². The van der Waals surface area contributed by atoms with Crippen LogP contribution in [-0.4, -0.2) is 29.1 Å². The van der Waals surface area contributed by atoms with Crippen molar-refractivity contribution in [3.05, 3.63) is 59.9 Å². The summed E-state index contributed by atoms with van der Waals surface area (Å²) in [5.74, 6) is 1.89. The first kappa shape index (κ1) is 19.9.